The number of nitrogens with zero attached hydrogens (tertiary/aromatic N) is 4. The molecule has 0 spiro atoms. The lowest BCUT2D eigenvalue weighted by Crippen LogP contribution is -2.38. The third-order valence-electron chi connectivity index (χ3n) is 2.79. The van der Waals surface area contributed by atoms with Crippen molar-refractivity contribution in [1.82, 2.24) is 25.0 Å². The zero-order valence-electron chi connectivity index (χ0n) is 11.2. The van der Waals surface area contributed by atoms with Crippen LogP contribution >= 0.6 is 0 Å². The molecule has 0 fully saturated rings. The molecule has 2 aromatic heterocycles. The van der Waals surface area contributed by atoms with E-state index in [1.165, 1.54) is 0 Å². The van der Waals surface area contributed by atoms with Crippen LogP contribution in [0.15, 0.2) is 29.1 Å². The average Bonchev–Trinajstić information content (AvgIpc) is 3.00. The van der Waals surface area contributed by atoms with Gasteiger partial charge in [-0.15, -0.1) is 10.2 Å². The number of aromatic nitrogens is 3. The van der Waals surface area contributed by atoms with Crippen molar-refractivity contribution in [3.63, 3.8) is 0 Å². The first-order valence-corrected chi connectivity index (χ1v) is 5.96. The van der Waals surface area contributed by atoms with Gasteiger partial charge in [0.25, 0.3) is 0 Å². The molecule has 7 heteroatoms. The Morgan fingerprint density at radius 3 is 3.00 bits per heavy atom. The van der Waals surface area contributed by atoms with Crippen molar-refractivity contribution >= 4 is 6.03 Å². The third-order valence-corrected chi connectivity index (χ3v) is 2.79. The van der Waals surface area contributed by atoms with Crippen LogP contribution in [0.25, 0.3) is 0 Å². The molecule has 0 aliphatic heterocycles. The highest BCUT2D eigenvalue weighted by molar-refractivity contribution is 5.74. The van der Waals surface area contributed by atoms with Gasteiger partial charge in [0.15, 0.2) is 5.82 Å². The molecule has 2 rings (SSSR count). The maximum atomic E-state index is 12.0. The summed E-state index contributed by atoms with van der Waals surface area (Å²) in [5.41, 5.74) is 0. The summed E-state index contributed by atoms with van der Waals surface area (Å²) in [6.45, 7) is 2.28. The zero-order valence-corrected chi connectivity index (χ0v) is 11.2. The molecule has 2 aromatic rings. The number of furan rings is 1. The van der Waals surface area contributed by atoms with E-state index in [2.05, 4.69) is 15.5 Å². The fourth-order valence-electron chi connectivity index (χ4n) is 1.75. The van der Waals surface area contributed by atoms with Gasteiger partial charge in [-0.05, 0) is 19.1 Å². The van der Waals surface area contributed by atoms with E-state index in [0.717, 1.165) is 5.76 Å². The molecule has 0 radical (unpaired) electrons. The summed E-state index contributed by atoms with van der Waals surface area (Å²) < 4.78 is 6.98. The highest BCUT2D eigenvalue weighted by Crippen LogP contribution is 2.09. The lowest BCUT2D eigenvalue weighted by molar-refractivity contribution is 0.199. The molecule has 0 aromatic carbocycles. The van der Waals surface area contributed by atoms with Gasteiger partial charge >= 0.3 is 6.03 Å². The lowest BCUT2D eigenvalue weighted by Gasteiger charge is -2.20. The fourth-order valence-corrected chi connectivity index (χ4v) is 1.75. The van der Waals surface area contributed by atoms with Gasteiger partial charge in [-0.1, -0.05) is 0 Å². The fraction of sp³-hybridized carbons (Fsp3) is 0.417. The Balaban J connectivity index is 1.92. The maximum absolute atomic E-state index is 12.0. The van der Waals surface area contributed by atoms with E-state index in [-0.39, 0.29) is 12.1 Å². The number of rotatable bonds is 4. The van der Waals surface area contributed by atoms with E-state index in [4.69, 9.17) is 4.42 Å². The summed E-state index contributed by atoms with van der Waals surface area (Å²) in [4.78, 5) is 13.5. The maximum Gasteiger partial charge on any atom is 0.318 e. The zero-order chi connectivity index (χ0) is 13.8. The van der Waals surface area contributed by atoms with Gasteiger partial charge in [0.2, 0.25) is 0 Å². The van der Waals surface area contributed by atoms with E-state index >= 15 is 0 Å². The SMILES string of the molecule is C[C@H](NC(=O)N(C)Cc1ccco1)c1nncn1C. The quantitative estimate of drug-likeness (QED) is 0.902. The highest BCUT2D eigenvalue weighted by Gasteiger charge is 2.17. The van der Waals surface area contributed by atoms with Crippen LogP contribution in [0.3, 0.4) is 0 Å². The van der Waals surface area contributed by atoms with Crippen molar-refractivity contribution in [3.8, 4) is 0 Å². The van der Waals surface area contributed by atoms with Crippen molar-refractivity contribution in [1.29, 1.82) is 0 Å². The molecule has 19 heavy (non-hydrogen) atoms. The smallest absolute Gasteiger partial charge is 0.318 e. The van der Waals surface area contributed by atoms with Gasteiger partial charge in [-0.3, -0.25) is 0 Å². The Morgan fingerprint density at radius 2 is 2.42 bits per heavy atom. The minimum Gasteiger partial charge on any atom is -0.467 e. The molecular weight excluding hydrogens is 246 g/mol. The van der Waals surface area contributed by atoms with Gasteiger partial charge in [0.05, 0.1) is 18.8 Å². The number of nitrogens with one attached hydrogen (secondary N) is 1. The Morgan fingerprint density at radius 1 is 1.63 bits per heavy atom. The predicted molar refractivity (Wildman–Crippen MR) is 68.1 cm³/mol. The van der Waals surface area contributed by atoms with Crippen molar-refractivity contribution in [2.75, 3.05) is 7.05 Å². The van der Waals surface area contributed by atoms with Gasteiger partial charge < -0.3 is 19.2 Å². The van der Waals surface area contributed by atoms with Crippen LogP contribution in [-0.4, -0.2) is 32.7 Å². The summed E-state index contributed by atoms with van der Waals surface area (Å²) >= 11 is 0. The van der Waals surface area contributed by atoms with E-state index in [9.17, 15) is 4.79 Å². The number of amides is 2. The molecule has 0 aliphatic carbocycles. The molecule has 0 unspecified atom stereocenters. The van der Waals surface area contributed by atoms with Crippen molar-refractivity contribution in [2.24, 2.45) is 7.05 Å². The molecule has 7 nitrogen and oxygen atoms in total. The first kappa shape index (κ1) is 13.1. The van der Waals surface area contributed by atoms with Crippen LogP contribution in [0.4, 0.5) is 4.79 Å². The van der Waals surface area contributed by atoms with E-state index in [1.54, 1.807) is 35.2 Å². The molecule has 0 bridgehead atoms. The number of aryl methyl sites for hydroxylation is 1. The van der Waals surface area contributed by atoms with Gasteiger partial charge in [0.1, 0.15) is 12.1 Å². The third kappa shape index (κ3) is 3.12. The highest BCUT2D eigenvalue weighted by atomic mass is 16.3. The van der Waals surface area contributed by atoms with Crippen LogP contribution < -0.4 is 5.32 Å². The van der Waals surface area contributed by atoms with Crippen LogP contribution in [0.5, 0.6) is 0 Å². The molecule has 1 atom stereocenters. The molecule has 0 saturated carbocycles. The summed E-state index contributed by atoms with van der Waals surface area (Å²) in [6, 6.07) is 3.23. The van der Waals surface area contributed by atoms with E-state index in [0.29, 0.717) is 12.4 Å². The Labute approximate surface area is 111 Å². The second-order valence-corrected chi connectivity index (χ2v) is 4.41. The van der Waals surface area contributed by atoms with Crippen LogP contribution in [0.1, 0.15) is 24.6 Å². The topological polar surface area (TPSA) is 76.2 Å². The molecule has 0 aliphatic rings. The van der Waals surface area contributed by atoms with Crippen LogP contribution in [0.2, 0.25) is 0 Å². The molecule has 102 valence electrons. The minimum absolute atomic E-state index is 0.188. The second-order valence-electron chi connectivity index (χ2n) is 4.41. The second kappa shape index (κ2) is 5.55. The number of hydrogen-bond acceptors (Lipinski definition) is 4. The van der Waals surface area contributed by atoms with Crippen molar-refractivity contribution in [2.45, 2.75) is 19.5 Å². The summed E-state index contributed by atoms with van der Waals surface area (Å²) in [5, 5.41) is 10.6. The number of hydrogen-bond donors (Lipinski definition) is 1. The summed E-state index contributed by atoms with van der Waals surface area (Å²) in [5.74, 6) is 1.45. The normalized spacial score (nSPS) is 12.2. The van der Waals surface area contributed by atoms with E-state index in [1.807, 2.05) is 20.0 Å². The largest absolute Gasteiger partial charge is 0.467 e. The Kier molecular flexibility index (Phi) is 3.84. The summed E-state index contributed by atoms with van der Waals surface area (Å²) in [7, 11) is 3.55. The number of carbonyl (C=O) groups excluding carboxylic acids is 1. The van der Waals surface area contributed by atoms with E-state index < -0.39 is 0 Å². The molecule has 2 amide bonds. The van der Waals surface area contributed by atoms with Crippen molar-refractivity contribution < 1.29 is 9.21 Å². The van der Waals surface area contributed by atoms with Crippen LogP contribution in [-0.2, 0) is 13.6 Å². The predicted octanol–water partition coefficient (Wildman–Crippen LogP) is 1.31. The Hall–Kier alpha value is -2.31. The minimum atomic E-state index is -0.209. The Bertz CT molecular complexity index is 534. The summed E-state index contributed by atoms with van der Waals surface area (Å²) in [6.07, 6.45) is 3.19. The monoisotopic (exact) mass is 263 g/mol. The standard InChI is InChI=1S/C12H17N5O2/c1-9(11-15-13-8-17(11)3)14-12(18)16(2)7-10-5-4-6-19-10/h4-6,8-9H,7H2,1-3H3,(H,14,18)/t9-/m0/s1. The first-order chi connectivity index (χ1) is 9.08. The number of carbonyl (C=O) groups is 1. The van der Waals surface area contributed by atoms with Gasteiger partial charge in [-0.25, -0.2) is 4.79 Å². The first-order valence-electron chi connectivity index (χ1n) is 5.96. The molecule has 1 N–H and O–H groups in total. The number of urea groups is 1. The van der Waals surface area contributed by atoms with Gasteiger partial charge in [-0.2, -0.15) is 0 Å². The van der Waals surface area contributed by atoms with Crippen molar-refractivity contribution in [3.05, 3.63) is 36.3 Å². The average molecular weight is 263 g/mol. The van der Waals surface area contributed by atoms with Crippen LogP contribution in [0, 0.1) is 0 Å². The molecular formula is C12H17N5O2. The molecule has 0 saturated heterocycles. The lowest BCUT2D eigenvalue weighted by atomic mass is 10.3. The molecule has 2 heterocycles. The van der Waals surface area contributed by atoms with Gasteiger partial charge in [0, 0.05) is 14.1 Å².